The number of aryl methyl sites for hydroxylation is 1. The van der Waals surface area contributed by atoms with E-state index in [4.69, 9.17) is 5.11 Å². The van der Waals surface area contributed by atoms with Crippen LogP contribution in [-0.4, -0.2) is 10.1 Å². The quantitative estimate of drug-likeness (QED) is 0.806. The Hall–Kier alpha value is -1.67. The SMILES string of the molecule is Cc1ccc(-c2ccc(CO)cc2)cn1. The highest BCUT2D eigenvalue weighted by molar-refractivity contribution is 5.62. The highest BCUT2D eigenvalue weighted by atomic mass is 16.3. The molecule has 0 saturated heterocycles. The van der Waals surface area contributed by atoms with Crippen molar-refractivity contribution in [3.63, 3.8) is 0 Å². The Bertz CT molecular complexity index is 431. The minimum absolute atomic E-state index is 0.0897. The Morgan fingerprint density at radius 1 is 1.00 bits per heavy atom. The van der Waals surface area contributed by atoms with Crippen LogP contribution >= 0.6 is 0 Å². The minimum atomic E-state index is 0.0897. The van der Waals surface area contributed by atoms with Crippen molar-refractivity contribution < 1.29 is 5.11 Å². The van der Waals surface area contributed by atoms with Gasteiger partial charge in [-0.3, -0.25) is 4.98 Å². The van der Waals surface area contributed by atoms with Crippen LogP contribution in [0.25, 0.3) is 11.1 Å². The summed E-state index contributed by atoms with van der Waals surface area (Å²) in [7, 11) is 0. The predicted molar refractivity (Wildman–Crippen MR) is 60.3 cm³/mol. The largest absolute Gasteiger partial charge is 0.392 e. The molecule has 1 N–H and O–H groups in total. The molecule has 2 aromatic rings. The van der Waals surface area contributed by atoms with Crippen LogP contribution in [0.3, 0.4) is 0 Å². The normalized spacial score (nSPS) is 10.3. The van der Waals surface area contributed by atoms with Crippen molar-refractivity contribution in [3.8, 4) is 11.1 Å². The van der Waals surface area contributed by atoms with E-state index in [1.807, 2.05) is 43.5 Å². The molecule has 15 heavy (non-hydrogen) atoms. The van der Waals surface area contributed by atoms with Gasteiger partial charge in [-0.1, -0.05) is 30.3 Å². The summed E-state index contributed by atoms with van der Waals surface area (Å²) in [6.45, 7) is 2.06. The predicted octanol–water partition coefficient (Wildman–Crippen LogP) is 2.55. The van der Waals surface area contributed by atoms with Gasteiger partial charge in [-0.2, -0.15) is 0 Å². The second kappa shape index (κ2) is 4.24. The monoisotopic (exact) mass is 199 g/mol. The van der Waals surface area contributed by atoms with E-state index in [1.54, 1.807) is 0 Å². The molecule has 0 fully saturated rings. The molecule has 76 valence electrons. The molecule has 1 aromatic carbocycles. The maximum atomic E-state index is 8.92. The summed E-state index contributed by atoms with van der Waals surface area (Å²) in [5.74, 6) is 0. The van der Waals surface area contributed by atoms with E-state index in [9.17, 15) is 0 Å². The number of rotatable bonds is 2. The summed E-state index contributed by atoms with van der Waals surface area (Å²) in [5.41, 5.74) is 4.18. The van der Waals surface area contributed by atoms with Gasteiger partial charge >= 0.3 is 0 Å². The zero-order chi connectivity index (χ0) is 10.7. The maximum absolute atomic E-state index is 8.92. The molecule has 0 amide bonds. The van der Waals surface area contributed by atoms with Crippen LogP contribution in [0.15, 0.2) is 42.6 Å². The van der Waals surface area contributed by atoms with Crippen LogP contribution in [-0.2, 0) is 6.61 Å². The molecule has 2 nitrogen and oxygen atoms in total. The first-order valence-corrected chi connectivity index (χ1v) is 4.92. The highest BCUT2D eigenvalue weighted by Gasteiger charge is 1.97. The van der Waals surface area contributed by atoms with Crippen molar-refractivity contribution in [2.24, 2.45) is 0 Å². The fourth-order valence-electron chi connectivity index (χ4n) is 1.44. The van der Waals surface area contributed by atoms with Crippen LogP contribution in [0.2, 0.25) is 0 Å². The van der Waals surface area contributed by atoms with Gasteiger partial charge in [0.25, 0.3) is 0 Å². The number of nitrogens with zero attached hydrogens (tertiary/aromatic N) is 1. The van der Waals surface area contributed by atoms with E-state index in [0.717, 1.165) is 22.4 Å². The topological polar surface area (TPSA) is 33.1 Å². The molecule has 2 heteroatoms. The molecule has 0 aliphatic rings. The molecule has 0 atom stereocenters. The van der Waals surface area contributed by atoms with Gasteiger partial charge in [0.1, 0.15) is 0 Å². The van der Waals surface area contributed by atoms with E-state index in [0.29, 0.717) is 0 Å². The van der Waals surface area contributed by atoms with E-state index in [-0.39, 0.29) is 6.61 Å². The average Bonchev–Trinajstić information content (AvgIpc) is 2.30. The zero-order valence-electron chi connectivity index (χ0n) is 8.64. The smallest absolute Gasteiger partial charge is 0.0681 e. The molecule has 1 heterocycles. The molecule has 2 rings (SSSR count). The number of aromatic nitrogens is 1. The number of hydrogen-bond acceptors (Lipinski definition) is 2. The van der Waals surface area contributed by atoms with Gasteiger partial charge in [0.2, 0.25) is 0 Å². The van der Waals surface area contributed by atoms with E-state index < -0.39 is 0 Å². The highest BCUT2D eigenvalue weighted by Crippen LogP contribution is 2.18. The number of pyridine rings is 1. The Morgan fingerprint density at radius 2 is 1.67 bits per heavy atom. The molecule has 0 unspecified atom stereocenters. The fourth-order valence-corrected chi connectivity index (χ4v) is 1.44. The summed E-state index contributed by atoms with van der Waals surface area (Å²) in [6.07, 6.45) is 1.86. The lowest BCUT2D eigenvalue weighted by Crippen LogP contribution is -1.85. The van der Waals surface area contributed by atoms with Crippen LogP contribution in [0.5, 0.6) is 0 Å². The van der Waals surface area contributed by atoms with Gasteiger partial charge in [0.15, 0.2) is 0 Å². The lowest BCUT2D eigenvalue weighted by Gasteiger charge is -2.02. The molecule has 1 aromatic heterocycles. The zero-order valence-corrected chi connectivity index (χ0v) is 8.64. The molecule has 0 bridgehead atoms. The third-order valence-corrected chi connectivity index (χ3v) is 2.38. The summed E-state index contributed by atoms with van der Waals surface area (Å²) >= 11 is 0. The van der Waals surface area contributed by atoms with Crippen LogP contribution in [0.4, 0.5) is 0 Å². The minimum Gasteiger partial charge on any atom is -0.392 e. The summed E-state index contributed by atoms with van der Waals surface area (Å²) in [4.78, 5) is 4.25. The molecular formula is C13H13NO. The second-order valence-corrected chi connectivity index (χ2v) is 3.54. The number of benzene rings is 1. The Labute approximate surface area is 89.2 Å². The van der Waals surface area contributed by atoms with Gasteiger partial charge in [-0.25, -0.2) is 0 Å². The number of aliphatic hydroxyl groups excluding tert-OH is 1. The van der Waals surface area contributed by atoms with Gasteiger partial charge in [-0.15, -0.1) is 0 Å². The van der Waals surface area contributed by atoms with Crippen molar-refractivity contribution >= 4 is 0 Å². The first kappa shape index (κ1) is 9.87. The lowest BCUT2D eigenvalue weighted by molar-refractivity contribution is 0.282. The molecule has 0 radical (unpaired) electrons. The van der Waals surface area contributed by atoms with Crippen molar-refractivity contribution in [2.45, 2.75) is 13.5 Å². The van der Waals surface area contributed by atoms with Crippen LogP contribution in [0, 0.1) is 6.92 Å². The summed E-state index contributed by atoms with van der Waals surface area (Å²) < 4.78 is 0. The average molecular weight is 199 g/mol. The van der Waals surface area contributed by atoms with Crippen LogP contribution < -0.4 is 0 Å². The Kier molecular flexibility index (Phi) is 2.79. The van der Waals surface area contributed by atoms with Gasteiger partial charge in [0, 0.05) is 17.5 Å². The van der Waals surface area contributed by atoms with Crippen molar-refractivity contribution in [1.82, 2.24) is 4.98 Å². The van der Waals surface area contributed by atoms with Gasteiger partial charge in [-0.05, 0) is 24.1 Å². The standard InChI is InChI=1S/C13H13NO/c1-10-2-5-13(8-14-10)12-6-3-11(9-15)4-7-12/h2-8,15H,9H2,1H3. The van der Waals surface area contributed by atoms with Crippen LogP contribution in [0.1, 0.15) is 11.3 Å². The third kappa shape index (κ3) is 2.22. The fraction of sp³-hybridized carbons (Fsp3) is 0.154. The van der Waals surface area contributed by atoms with E-state index in [2.05, 4.69) is 11.1 Å². The lowest BCUT2D eigenvalue weighted by atomic mass is 10.1. The maximum Gasteiger partial charge on any atom is 0.0681 e. The van der Waals surface area contributed by atoms with Crippen molar-refractivity contribution in [1.29, 1.82) is 0 Å². The van der Waals surface area contributed by atoms with Crippen molar-refractivity contribution in [2.75, 3.05) is 0 Å². The first-order valence-electron chi connectivity index (χ1n) is 4.92. The molecule has 0 aliphatic carbocycles. The molecule has 0 saturated carbocycles. The third-order valence-electron chi connectivity index (χ3n) is 2.38. The number of hydrogen-bond donors (Lipinski definition) is 1. The second-order valence-electron chi connectivity index (χ2n) is 3.54. The van der Waals surface area contributed by atoms with Crippen molar-refractivity contribution in [3.05, 3.63) is 53.9 Å². The summed E-state index contributed by atoms with van der Waals surface area (Å²) in [5, 5.41) is 8.92. The van der Waals surface area contributed by atoms with E-state index in [1.165, 1.54) is 0 Å². The van der Waals surface area contributed by atoms with Gasteiger partial charge < -0.3 is 5.11 Å². The molecular weight excluding hydrogens is 186 g/mol. The molecule has 0 aliphatic heterocycles. The number of aliphatic hydroxyl groups is 1. The molecule has 0 spiro atoms. The van der Waals surface area contributed by atoms with Gasteiger partial charge in [0.05, 0.1) is 6.61 Å². The van der Waals surface area contributed by atoms with E-state index >= 15 is 0 Å². The Balaban J connectivity index is 2.33. The summed E-state index contributed by atoms with van der Waals surface area (Å²) in [6, 6.07) is 11.9. The first-order chi connectivity index (χ1) is 7.29. The Morgan fingerprint density at radius 3 is 2.20 bits per heavy atom.